The van der Waals surface area contributed by atoms with Crippen LogP contribution in [-0.4, -0.2) is 27.9 Å². The lowest BCUT2D eigenvalue weighted by molar-refractivity contribution is 0.397. The van der Waals surface area contributed by atoms with E-state index in [1.54, 1.807) is 12.1 Å². The van der Waals surface area contributed by atoms with Gasteiger partial charge in [0.1, 0.15) is 5.75 Å². The number of H-pyrrole nitrogens is 1. The molecule has 0 bridgehead atoms. The van der Waals surface area contributed by atoms with E-state index in [0.717, 1.165) is 29.8 Å². The average molecular weight is 257 g/mol. The van der Waals surface area contributed by atoms with Gasteiger partial charge in [-0.2, -0.15) is 5.10 Å². The van der Waals surface area contributed by atoms with Crippen molar-refractivity contribution in [1.82, 2.24) is 15.5 Å². The number of hydrogen-bond acceptors (Lipinski definition) is 3. The molecule has 0 saturated carbocycles. The zero-order valence-electron chi connectivity index (χ0n) is 10.9. The summed E-state index contributed by atoms with van der Waals surface area (Å²) < 4.78 is 0. The largest absolute Gasteiger partial charge is 0.508 e. The molecule has 2 heterocycles. The maximum atomic E-state index is 9.58. The highest BCUT2D eigenvalue weighted by Crippen LogP contribution is 2.26. The van der Waals surface area contributed by atoms with E-state index < -0.39 is 0 Å². The molecule has 100 valence electrons. The summed E-state index contributed by atoms with van der Waals surface area (Å²) in [5.74, 6) is 0.292. The summed E-state index contributed by atoms with van der Waals surface area (Å²) in [5.41, 5.74) is 3.24. The number of rotatable bonds is 3. The van der Waals surface area contributed by atoms with Gasteiger partial charge in [-0.25, -0.2) is 0 Å². The first kappa shape index (κ1) is 12.2. The van der Waals surface area contributed by atoms with Crippen molar-refractivity contribution < 1.29 is 5.11 Å². The summed E-state index contributed by atoms with van der Waals surface area (Å²) in [7, 11) is 0. The molecule has 0 aliphatic carbocycles. The molecule has 1 atom stereocenters. The van der Waals surface area contributed by atoms with Gasteiger partial charge in [0.2, 0.25) is 0 Å². The Morgan fingerprint density at radius 1 is 1.32 bits per heavy atom. The first-order valence-electron chi connectivity index (χ1n) is 6.88. The van der Waals surface area contributed by atoms with Gasteiger partial charge in [-0.1, -0.05) is 18.6 Å². The Morgan fingerprint density at radius 3 is 3.05 bits per heavy atom. The van der Waals surface area contributed by atoms with Crippen LogP contribution in [0.1, 0.15) is 25.0 Å². The van der Waals surface area contributed by atoms with E-state index in [4.69, 9.17) is 0 Å². The van der Waals surface area contributed by atoms with Crippen LogP contribution in [0, 0.1) is 0 Å². The maximum absolute atomic E-state index is 9.58. The monoisotopic (exact) mass is 257 g/mol. The molecule has 3 N–H and O–H groups in total. The van der Waals surface area contributed by atoms with Crippen molar-refractivity contribution in [3.05, 3.63) is 36.2 Å². The van der Waals surface area contributed by atoms with Crippen molar-refractivity contribution in [2.45, 2.75) is 31.7 Å². The molecule has 0 amide bonds. The average Bonchev–Trinajstić information content (AvgIpc) is 2.88. The highest BCUT2D eigenvalue weighted by atomic mass is 16.3. The molecule has 1 aromatic heterocycles. The first-order valence-corrected chi connectivity index (χ1v) is 6.88. The van der Waals surface area contributed by atoms with Crippen LogP contribution < -0.4 is 5.32 Å². The number of aromatic hydroxyl groups is 1. The van der Waals surface area contributed by atoms with E-state index in [-0.39, 0.29) is 0 Å². The van der Waals surface area contributed by atoms with Gasteiger partial charge in [0.25, 0.3) is 0 Å². The minimum atomic E-state index is 0.292. The predicted molar refractivity (Wildman–Crippen MR) is 75.0 cm³/mol. The Morgan fingerprint density at radius 2 is 2.26 bits per heavy atom. The second kappa shape index (κ2) is 5.45. The van der Waals surface area contributed by atoms with Crippen LogP contribution in [0.4, 0.5) is 0 Å². The highest BCUT2D eigenvalue weighted by molar-refractivity contribution is 5.66. The summed E-state index contributed by atoms with van der Waals surface area (Å²) in [4.78, 5) is 0. The molecule has 19 heavy (non-hydrogen) atoms. The maximum Gasteiger partial charge on any atom is 0.116 e. The van der Waals surface area contributed by atoms with Gasteiger partial charge in [-0.05, 0) is 37.1 Å². The van der Waals surface area contributed by atoms with Crippen molar-refractivity contribution >= 4 is 0 Å². The first-order chi connectivity index (χ1) is 9.33. The second-order valence-corrected chi connectivity index (χ2v) is 5.16. The number of nitrogens with zero attached hydrogens (tertiary/aromatic N) is 1. The molecule has 4 heteroatoms. The molecule has 1 unspecified atom stereocenters. The number of benzene rings is 1. The molecule has 1 fully saturated rings. The SMILES string of the molecule is Oc1cccc(-c2cn[nH]c2CC2CCCCN2)c1. The predicted octanol–water partition coefficient (Wildman–Crippen LogP) is 2.47. The lowest BCUT2D eigenvalue weighted by Gasteiger charge is -2.23. The van der Waals surface area contributed by atoms with Crippen LogP contribution >= 0.6 is 0 Å². The lowest BCUT2D eigenvalue weighted by atomic mass is 9.97. The summed E-state index contributed by atoms with van der Waals surface area (Å²) >= 11 is 0. The van der Waals surface area contributed by atoms with E-state index >= 15 is 0 Å². The van der Waals surface area contributed by atoms with Gasteiger partial charge in [0, 0.05) is 23.7 Å². The number of phenols is 1. The smallest absolute Gasteiger partial charge is 0.116 e. The number of phenolic OH excluding ortho intramolecular Hbond substituents is 1. The molecule has 1 aromatic carbocycles. The third-order valence-electron chi connectivity index (χ3n) is 3.74. The molecule has 4 nitrogen and oxygen atoms in total. The summed E-state index contributed by atoms with van der Waals surface area (Å²) in [6, 6.07) is 7.86. The fourth-order valence-electron chi connectivity index (χ4n) is 2.74. The molecular formula is C15H19N3O. The Kier molecular flexibility index (Phi) is 3.51. The van der Waals surface area contributed by atoms with Gasteiger partial charge >= 0.3 is 0 Å². The lowest BCUT2D eigenvalue weighted by Crippen LogP contribution is -2.35. The van der Waals surface area contributed by atoms with Crippen LogP contribution in [0.5, 0.6) is 5.75 Å². The topological polar surface area (TPSA) is 60.9 Å². The fourth-order valence-corrected chi connectivity index (χ4v) is 2.74. The molecule has 1 aliphatic heterocycles. The van der Waals surface area contributed by atoms with Crippen molar-refractivity contribution in [3.63, 3.8) is 0 Å². The third kappa shape index (κ3) is 2.79. The van der Waals surface area contributed by atoms with Crippen LogP contribution in [0.25, 0.3) is 11.1 Å². The van der Waals surface area contributed by atoms with Crippen molar-refractivity contribution in [1.29, 1.82) is 0 Å². The zero-order chi connectivity index (χ0) is 13.1. The van der Waals surface area contributed by atoms with Gasteiger partial charge in [-0.15, -0.1) is 0 Å². The number of piperidine rings is 1. The number of nitrogens with one attached hydrogen (secondary N) is 2. The summed E-state index contributed by atoms with van der Waals surface area (Å²) in [6.45, 7) is 1.11. The summed E-state index contributed by atoms with van der Waals surface area (Å²) in [6.07, 6.45) is 6.60. The van der Waals surface area contributed by atoms with Gasteiger partial charge in [0.15, 0.2) is 0 Å². The van der Waals surface area contributed by atoms with Crippen molar-refractivity contribution in [2.75, 3.05) is 6.54 Å². The third-order valence-corrected chi connectivity index (χ3v) is 3.74. The Bertz CT molecular complexity index is 544. The zero-order valence-corrected chi connectivity index (χ0v) is 10.9. The molecule has 2 aromatic rings. The van der Waals surface area contributed by atoms with E-state index in [9.17, 15) is 5.11 Å². The van der Waals surface area contributed by atoms with Crippen LogP contribution in [0.15, 0.2) is 30.5 Å². The molecule has 1 aliphatic rings. The number of hydrogen-bond donors (Lipinski definition) is 3. The second-order valence-electron chi connectivity index (χ2n) is 5.16. The van der Waals surface area contributed by atoms with Gasteiger partial charge in [-0.3, -0.25) is 5.10 Å². The van der Waals surface area contributed by atoms with Crippen LogP contribution in [0.3, 0.4) is 0 Å². The molecule has 0 spiro atoms. The highest BCUT2D eigenvalue weighted by Gasteiger charge is 2.16. The Balaban J connectivity index is 1.81. The van der Waals surface area contributed by atoms with E-state index in [1.165, 1.54) is 19.3 Å². The van der Waals surface area contributed by atoms with E-state index in [1.807, 2.05) is 18.3 Å². The van der Waals surface area contributed by atoms with E-state index in [2.05, 4.69) is 15.5 Å². The van der Waals surface area contributed by atoms with Crippen molar-refractivity contribution in [3.8, 4) is 16.9 Å². The van der Waals surface area contributed by atoms with Crippen LogP contribution in [-0.2, 0) is 6.42 Å². The van der Waals surface area contributed by atoms with Gasteiger partial charge in [0.05, 0.1) is 6.20 Å². The fraction of sp³-hybridized carbons (Fsp3) is 0.400. The quantitative estimate of drug-likeness (QED) is 0.791. The molecule has 0 radical (unpaired) electrons. The number of aromatic amines is 1. The minimum absolute atomic E-state index is 0.292. The van der Waals surface area contributed by atoms with Crippen LogP contribution in [0.2, 0.25) is 0 Å². The van der Waals surface area contributed by atoms with Crippen molar-refractivity contribution in [2.24, 2.45) is 0 Å². The molecular weight excluding hydrogens is 238 g/mol. The normalized spacial score (nSPS) is 19.5. The summed E-state index contributed by atoms with van der Waals surface area (Å²) in [5, 5.41) is 20.4. The Labute approximate surface area is 112 Å². The van der Waals surface area contributed by atoms with Gasteiger partial charge < -0.3 is 10.4 Å². The molecule has 1 saturated heterocycles. The number of aromatic nitrogens is 2. The minimum Gasteiger partial charge on any atom is -0.508 e. The Hall–Kier alpha value is -1.81. The van der Waals surface area contributed by atoms with E-state index in [0.29, 0.717) is 11.8 Å². The molecule has 3 rings (SSSR count). The standard InChI is InChI=1S/C15H19N3O/c19-13-6-3-4-11(8-13)14-10-17-18-15(14)9-12-5-1-2-7-16-12/h3-4,6,8,10,12,16,19H,1-2,5,7,9H2,(H,17,18).